The Balaban J connectivity index is 1.64. The number of ether oxygens (including phenoxy) is 1. The zero-order valence-electron chi connectivity index (χ0n) is 16.5. The van der Waals surface area contributed by atoms with Crippen molar-refractivity contribution in [3.63, 3.8) is 0 Å². The van der Waals surface area contributed by atoms with Crippen LogP contribution >= 0.6 is 24.0 Å². The third kappa shape index (κ3) is 5.18. The van der Waals surface area contributed by atoms with Gasteiger partial charge in [0.1, 0.15) is 10.1 Å². The van der Waals surface area contributed by atoms with Gasteiger partial charge in [-0.3, -0.25) is 14.5 Å². The predicted octanol–water partition coefficient (Wildman–Crippen LogP) is 3.05. The molecule has 8 heteroatoms. The summed E-state index contributed by atoms with van der Waals surface area (Å²) in [6.45, 7) is 1.07. The first-order valence-electron chi connectivity index (χ1n) is 9.84. The standard InChI is InChI=1S/C21H26N2O4S2/c1-27-17-8-3-2-6-15(17)14-18-20(26)23(21(28)29-18)12-9-19(25)22-11-5-4-7-16(22)10-13-24/h2-3,6,8,14,16,24H,4-5,7,9-13H2,1H3/b18-14-/t16-/m1/s1. The minimum absolute atomic E-state index is 0.0194. The average Bonchev–Trinajstić information content (AvgIpc) is 3.00. The first-order valence-corrected chi connectivity index (χ1v) is 11.1. The number of benzene rings is 1. The Morgan fingerprint density at radius 2 is 2.17 bits per heavy atom. The summed E-state index contributed by atoms with van der Waals surface area (Å²) in [7, 11) is 1.59. The van der Waals surface area contributed by atoms with Crippen molar-refractivity contribution in [2.45, 2.75) is 38.1 Å². The fourth-order valence-electron chi connectivity index (χ4n) is 3.75. The Kier molecular flexibility index (Phi) is 7.69. The molecule has 1 aromatic rings. The normalized spacial score (nSPS) is 21.2. The third-order valence-electron chi connectivity index (χ3n) is 5.26. The zero-order valence-corrected chi connectivity index (χ0v) is 18.1. The molecule has 6 nitrogen and oxygen atoms in total. The van der Waals surface area contributed by atoms with Crippen LogP contribution in [0, 0.1) is 0 Å². The van der Waals surface area contributed by atoms with E-state index in [-0.39, 0.29) is 37.4 Å². The number of nitrogens with zero attached hydrogens (tertiary/aromatic N) is 2. The van der Waals surface area contributed by atoms with Crippen LogP contribution in [0.5, 0.6) is 5.75 Å². The Bertz CT molecular complexity index is 810. The van der Waals surface area contributed by atoms with Gasteiger partial charge in [0, 0.05) is 37.7 Å². The molecule has 2 heterocycles. The Labute approximate surface area is 180 Å². The molecule has 0 spiro atoms. The minimum atomic E-state index is -0.177. The molecule has 2 fully saturated rings. The van der Waals surface area contributed by atoms with E-state index in [0.717, 1.165) is 31.4 Å². The molecule has 3 rings (SSSR count). The molecule has 1 N–H and O–H groups in total. The molecular weight excluding hydrogens is 408 g/mol. The van der Waals surface area contributed by atoms with Gasteiger partial charge >= 0.3 is 0 Å². The SMILES string of the molecule is COc1ccccc1/C=C1\SC(=S)N(CCC(=O)N2CCCC[C@@H]2CCO)C1=O. The van der Waals surface area contributed by atoms with Crippen molar-refractivity contribution in [3.05, 3.63) is 34.7 Å². The number of carbonyl (C=O) groups is 2. The largest absolute Gasteiger partial charge is 0.496 e. The van der Waals surface area contributed by atoms with Crippen molar-refractivity contribution in [1.29, 1.82) is 0 Å². The number of para-hydroxylation sites is 1. The monoisotopic (exact) mass is 434 g/mol. The van der Waals surface area contributed by atoms with E-state index < -0.39 is 0 Å². The minimum Gasteiger partial charge on any atom is -0.496 e. The van der Waals surface area contributed by atoms with Gasteiger partial charge in [0.2, 0.25) is 5.91 Å². The van der Waals surface area contributed by atoms with Crippen LogP contribution in [0.3, 0.4) is 0 Å². The van der Waals surface area contributed by atoms with Gasteiger partial charge in [-0.1, -0.05) is 42.2 Å². The van der Waals surface area contributed by atoms with E-state index in [2.05, 4.69) is 0 Å². The molecule has 2 aliphatic rings. The molecule has 0 bridgehead atoms. The molecule has 0 unspecified atom stereocenters. The molecule has 1 atom stereocenters. The maximum absolute atomic E-state index is 12.8. The van der Waals surface area contributed by atoms with Crippen molar-refractivity contribution < 1.29 is 19.4 Å². The van der Waals surface area contributed by atoms with Crippen LogP contribution in [0.1, 0.15) is 37.7 Å². The van der Waals surface area contributed by atoms with Crippen molar-refractivity contribution >= 4 is 46.2 Å². The summed E-state index contributed by atoms with van der Waals surface area (Å²) in [5.41, 5.74) is 0.812. The Hall–Kier alpha value is -1.90. The number of hydrogen-bond acceptors (Lipinski definition) is 6. The van der Waals surface area contributed by atoms with Gasteiger partial charge in [-0.25, -0.2) is 0 Å². The summed E-state index contributed by atoms with van der Waals surface area (Å²) in [5.74, 6) is 0.531. The first-order chi connectivity index (χ1) is 14.0. The maximum atomic E-state index is 12.8. The van der Waals surface area contributed by atoms with E-state index in [4.69, 9.17) is 17.0 Å². The second-order valence-corrected chi connectivity index (χ2v) is 8.75. The topological polar surface area (TPSA) is 70.1 Å². The molecule has 0 saturated carbocycles. The smallest absolute Gasteiger partial charge is 0.266 e. The molecule has 2 amide bonds. The molecule has 29 heavy (non-hydrogen) atoms. The van der Waals surface area contributed by atoms with Crippen LogP contribution in [-0.4, -0.2) is 63.9 Å². The fourth-order valence-corrected chi connectivity index (χ4v) is 5.05. The summed E-state index contributed by atoms with van der Waals surface area (Å²) >= 11 is 6.63. The van der Waals surface area contributed by atoms with Crippen LogP contribution in [0.4, 0.5) is 0 Å². The Morgan fingerprint density at radius 1 is 1.38 bits per heavy atom. The van der Waals surface area contributed by atoms with Gasteiger partial charge < -0.3 is 14.7 Å². The van der Waals surface area contributed by atoms with E-state index in [1.54, 1.807) is 13.2 Å². The van der Waals surface area contributed by atoms with E-state index in [9.17, 15) is 14.7 Å². The van der Waals surface area contributed by atoms with Gasteiger partial charge in [-0.2, -0.15) is 0 Å². The first kappa shape index (κ1) is 21.8. The number of aliphatic hydroxyl groups is 1. The van der Waals surface area contributed by atoms with Crippen molar-refractivity contribution in [2.24, 2.45) is 0 Å². The second kappa shape index (κ2) is 10.2. The average molecular weight is 435 g/mol. The highest BCUT2D eigenvalue weighted by molar-refractivity contribution is 8.26. The van der Waals surface area contributed by atoms with Crippen LogP contribution in [0.25, 0.3) is 6.08 Å². The predicted molar refractivity (Wildman–Crippen MR) is 119 cm³/mol. The van der Waals surface area contributed by atoms with Crippen LogP contribution in [-0.2, 0) is 9.59 Å². The quantitative estimate of drug-likeness (QED) is 0.525. The van der Waals surface area contributed by atoms with Crippen LogP contribution in [0.15, 0.2) is 29.2 Å². The number of amides is 2. The van der Waals surface area contributed by atoms with E-state index in [1.807, 2.05) is 29.2 Å². The highest BCUT2D eigenvalue weighted by atomic mass is 32.2. The summed E-state index contributed by atoms with van der Waals surface area (Å²) in [6, 6.07) is 7.57. The summed E-state index contributed by atoms with van der Waals surface area (Å²) in [4.78, 5) is 29.5. The molecule has 2 aliphatic heterocycles. The number of thiocarbonyl (C=S) groups is 1. The van der Waals surface area contributed by atoms with E-state index in [1.165, 1.54) is 16.7 Å². The lowest BCUT2D eigenvalue weighted by Crippen LogP contribution is -2.45. The summed E-state index contributed by atoms with van der Waals surface area (Å²) in [6.07, 6.45) is 5.61. The molecule has 0 aliphatic carbocycles. The number of thioether (sulfide) groups is 1. The summed E-state index contributed by atoms with van der Waals surface area (Å²) < 4.78 is 5.81. The molecule has 2 saturated heterocycles. The number of aliphatic hydroxyl groups excluding tert-OH is 1. The molecule has 1 aromatic carbocycles. The lowest BCUT2D eigenvalue weighted by atomic mass is 9.99. The maximum Gasteiger partial charge on any atom is 0.266 e. The molecular formula is C21H26N2O4S2. The van der Waals surface area contributed by atoms with Crippen LogP contribution < -0.4 is 4.74 Å². The zero-order chi connectivity index (χ0) is 20.8. The third-order valence-corrected chi connectivity index (χ3v) is 6.64. The van der Waals surface area contributed by atoms with Gasteiger partial charge in [0.05, 0.1) is 12.0 Å². The number of piperidine rings is 1. The number of methoxy groups -OCH3 is 1. The molecule has 0 radical (unpaired) electrons. The van der Waals surface area contributed by atoms with Gasteiger partial charge in [0.25, 0.3) is 5.91 Å². The number of carbonyl (C=O) groups excluding carboxylic acids is 2. The lowest BCUT2D eigenvalue weighted by Gasteiger charge is -2.36. The van der Waals surface area contributed by atoms with E-state index in [0.29, 0.717) is 21.4 Å². The highest BCUT2D eigenvalue weighted by Gasteiger charge is 2.33. The highest BCUT2D eigenvalue weighted by Crippen LogP contribution is 2.34. The number of hydrogen-bond donors (Lipinski definition) is 1. The molecule has 156 valence electrons. The van der Waals surface area contributed by atoms with Crippen molar-refractivity contribution in [3.8, 4) is 5.75 Å². The van der Waals surface area contributed by atoms with Crippen molar-refractivity contribution in [2.75, 3.05) is 26.8 Å². The molecule has 0 aromatic heterocycles. The lowest BCUT2D eigenvalue weighted by molar-refractivity contribution is -0.135. The van der Waals surface area contributed by atoms with E-state index >= 15 is 0 Å². The Morgan fingerprint density at radius 3 is 2.93 bits per heavy atom. The summed E-state index contributed by atoms with van der Waals surface area (Å²) in [5, 5.41) is 9.25. The number of likely N-dealkylation sites (tertiary alicyclic amines) is 1. The fraction of sp³-hybridized carbons (Fsp3) is 0.476. The van der Waals surface area contributed by atoms with Gasteiger partial charge in [0.15, 0.2) is 0 Å². The van der Waals surface area contributed by atoms with Gasteiger partial charge in [-0.15, -0.1) is 0 Å². The second-order valence-electron chi connectivity index (χ2n) is 7.07. The van der Waals surface area contributed by atoms with Crippen molar-refractivity contribution in [1.82, 2.24) is 9.80 Å². The van der Waals surface area contributed by atoms with Crippen LogP contribution in [0.2, 0.25) is 0 Å². The number of rotatable bonds is 7. The van der Waals surface area contributed by atoms with Gasteiger partial charge in [-0.05, 0) is 37.8 Å².